The van der Waals surface area contributed by atoms with E-state index in [-0.39, 0.29) is 5.82 Å². The van der Waals surface area contributed by atoms with Crippen molar-refractivity contribution >= 4 is 25.7 Å². The molecule has 1 fully saturated rings. The largest absolute Gasteiger partial charge is 0.481 e. The van der Waals surface area contributed by atoms with E-state index in [1.54, 1.807) is 0 Å². The van der Waals surface area contributed by atoms with Crippen LogP contribution in [-0.2, 0) is 14.3 Å². The summed E-state index contributed by atoms with van der Waals surface area (Å²) in [4.78, 5) is 52.5. The van der Waals surface area contributed by atoms with E-state index in [1.165, 1.54) is 12.5 Å². The Bertz CT molecular complexity index is 543. The lowest BCUT2D eigenvalue weighted by Crippen LogP contribution is -2.36. The molecule has 0 bridgehead atoms. The summed E-state index contributed by atoms with van der Waals surface area (Å²) in [6.45, 7) is 0. The zero-order valence-corrected chi connectivity index (χ0v) is 11.2. The number of nitrogens with zero attached hydrogens (tertiary/aromatic N) is 2. The second kappa shape index (κ2) is 5.73. The Hall–Kier alpha value is -1.46. The fourth-order valence-electron chi connectivity index (χ4n) is 1.94. The van der Waals surface area contributed by atoms with Crippen LogP contribution in [0.1, 0.15) is 6.23 Å². The topological polar surface area (TPSA) is 174 Å². The number of nitrogens with one attached hydrogen (secondary N) is 1. The van der Waals surface area contributed by atoms with Crippen LogP contribution in [0.2, 0.25) is 0 Å². The highest BCUT2D eigenvalue weighted by Gasteiger charge is 2.58. The Kier molecular flexibility index (Phi) is 4.35. The van der Waals surface area contributed by atoms with Crippen molar-refractivity contribution in [3.05, 3.63) is 12.5 Å². The highest BCUT2D eigenvalue weighted by Crippen LogP contribution is 2.49. The molecule has 1 saturated heterocycles. The number of rotatable bonds is 5. The number of amides is 1. The third kappa shape index (κ3) is 2.94. The van der Waals surface area contributed by atoms with Gasteiger partial charge in [-0.15, -0.1) is 0 Å². The predicted octanol–water partition coefficient (Wildman–Crippen LogP) is -2.66. The molecule has 1 unspecified atom stereocenters. The van der Waals surface area contributed by atoms with Crippen LogP contribution in [0.15, 0.2) is 12.5 Å². The zero-order valence-electron chi connectivity index (χ0n) is 10.3. The molecule has 11 nitrogen and oxygen atoms in total. The lowest BCUT2D eigenvalue weighted by atomic mass is 10.1. The number of carbonyl (C=O) groups excluding carboxylic acids is 2. The average Bonchev–Trinajstić information content (AvgIpc) is 2.95. The molecule has 1 aliphatic rings. The molecular weight excluding hydrogens is 309 g/mol. The van der Waals surface area contributed by atoms with Crippen molar-refractivity contribution in [1.29, 1.82) is 0 Å². The van der Waals surface area contributed by atoms with Gasteiger partial charge in [0.1, 0.15) is 18.0 Å². The summed E-state index contributed by atoms with van der Waals surface area (Å²) in [5.74, 6) is 0.118. The van der Waals surface area contributed by atoms with Crippen molar-refractivity contribution in [3.8, 4) is 0 Å². The molecule has 2 heterocycles. The third-order valence-corrected chi connectivity index (χ3v) is 3.77. The maximum Gasteiger partial charge on any atom is 0.481 e. The molecule has 0 spiro atoms. The standard InChI is InChI=1S/C9H12N3O8P/c13-3-11-4-1-10-2-12(4)8-6(15)5(14)7(20-8)9(16)21(17,18)19/h1-3,5-8,14-15,17-19H/p+1/t5-,6+,7-,8?/m0/s1. The summed E-state index contributed by atoms with van der Waals surface area (Å²) in [5, 5.41) is 21.9. The Balaban J connectivity index is 2.26. The van der Waals surface area contributed by atoms with Crippen molar-refractivity contribution < 1.29 is 39.2 Å². The molecule has 1 aliphatic heterocycles. The van der Waals surface area contributed by atoms with Gasteiger partial charge in [0.25, 0.3) is 0 Å². The molecule has 2 rings (SSSR count). The van der Waals surface area contributed by atoms with Gasteiger partial charge in [-0.3, -0.25) is 9.36 Å². The van der Waals surface area contributed by atoms with Crippen LogP contribution >= 0.6 is 7.94 Å². The summed E-state index contributed by atoms with van der Waals surface area (Å²) < 4.78 is 6.20. The van der Waals surface area contributed by atoms with E-state index in [0.717, 1.165) is 4.57 Å². The molecule has 0 saturated carbocycles. The summed E-state index contributed by atoms with van der Waals surface area (Å²) in [5.41, 5.74) is -1.53. The van der Waals surface area contributed by atoms with E-state index < -0.39 is 38.0 Å². The fraction of sp³-hybridized carbons (Fsp3) is 0.444. The number of carbonyl (C=O) groups is 2. The van der Waals surface area contributed by atoms with Gasteiger partial charge < -0.3 is 20.3 Å². The molecule has 12 heteroatoms. The van der Waals surface area contributed by atoms with Crippen LogP contribution in [0.3, 0.4) is 0 Å². The van der Waals surface area contributed by atoms with Gasteiger partial charge in [-0.1, -0.05) is 0 Å². The van der Waals surface area contributed by atoms with Gasteiger partial charge in [0.05, 0.1) is 12.5 Å². The molecule has 21 heavy (non-hydrogen) atoms. The number of hydrogen-bond donors (Lipinski definition) is 6. The van der Waals surface area contributed by atoms with E-state index in [4.69, 9.17) is 19.4 Å². The van der Waals surface area contributed by atoms with Crippen molar-refractivity contribution in [2.45, 2.75) is 24.5 Å². The number of ether oxygens (including phenoxy) is 1. The zero-order chi connectivity index (χ0) is 15.8. The van der Waals surface area contributed by atoms with Crippen LogP contribution < -0.4 is 5.32 Å². The Morgan fingerprint density at radius 1 is 1.38 bits per heavy atom. The van der Waals surface area contributed by atoms with Crippen molar-refractivity contribution in [2.24, 2.45) is 0 Å². The van der Waals surface area contributed by atoms with Crippen molar-refractivity contribution in [1.82, 2.24) is 9.55 Å². The van der Waals surface area contributed by atoms with Gasteiger partial charge in [-0.05, 0) is 0 Å². The van der Waals surface area contributed by atoms with Crippen LogP contribution in [0.25, 0.3) is 0 Å². The Morgan fingerprint density at radius 3 is 2.62 bits per heavy atom. The highest BCUT2D eigenvalue weighted by atomic mass is 31.2. The van der Waals surface area contributed by atoms with E-state index in [0.29, 0.717) is 6.41 Å². The van der Waals surface area contributed by atoms with Gasteiger partial charge in [0, 0.05) is 0 Å². The first-order valence-electron chi connectivity index (χ1n) is 5.62. The number of aromatic nitrogens is 2. The van der Waals surface area contributed by atoms with Crippen molar-refractivity contribution in [3.63, 3.8) is 0 Å². The van der Waals surface area contributed by atoms with Gasteiger partial charge in [-0.2, -0.15) is 14.7 Å². The number of hydrogen-bond acceptors (Lipinski definition) is 9. The molecule has 4 atom stereocenters. The maximum absolute atomic E-state index is 11.6. The van der Waals surface area contributed by atoms with Gasteiger partial charge in [-0.25, -0.2) is 9.78 Å². The molecule has 0 aliphatic carbocycles. The lowest BCUT2D eigenvalue weighted by molar-refractivity contribution is -0.129. The van der Waals surface area contributed by atoms with Gasteiger partial charge in [0.15, 0.2) is 12.3 Å². The number of aliphatic hydroxyl groups is 2. The minimum Gasteiger partial charge on any atom is -0.387 e. The molecule has 0 radical (unpaired) electrons. The van der Waals surface area contributed by atoms with Crippen LogP contribution in [-0.4, -0.2) is 64.7 Å². The molecular formula is C9H13N3O8P+. The van der Waals surface area contributed by atoms with Crippen molar-refractivity contribution in [2.75, 3.05) is 5.32 Å². The molecule has 1 aromatic heterocycles. The Labute approximate surface area is 118 Å². The molecule has 116 valence electrons. The fourth-order valence-corrected chi connectivity index (χ4v) is 2.50. The first kappa shape index (κ1) is 15.9. The minimum absolute atomic E-state index is 0.118. The number of imidazole rings is 1. The molecule has 0 aromatic carbocycles. The van der Waals surface area contributed by atoms with Crippen LogP contribution in [0.5, 0.6) is 0 Å². The van der Waals surface area contributed by atoms with Gasteiger partial charge >= 0.3 is 13.5 Å². The smallest absolute Gasteiger partial charge is 0.387 e. The third-order valence-electron chi connectivity index (χ3n) is 2.92. The monoisotopic (exact) mass is 322 g/mol. The summed E-state index contributed by atoms with van der Waals surface area (Å²) in [6, 6.07) is 0. The van der Waals surface area contributed by atoms with E-state index in [2.05, 4.69) is 10.3 Å². The normalized spacial score (nSPS) is 29.4. The number of anilines is 1. The second-order valence-electron chi connectivity index (χ2n) is 4.28. The lowest BCUT2D eigenvalue weighted by Gasteiger charge is -2.17. The summed E-state index contributed by atoms with van der Waals surface area (Å²) in [6.07, 6.45) is -3.81. The molecule has 6 N–H and O–H groups in total. The highest BCUT2D eigenvalue weighted by molar-refractivity contribution is 7.76. The second-order valence-corrected chi connectivity index (χ2v) is 5.86. The first-order chi connectivity index (χ1) is 9.77. The quantitative estimate of drug-likeness (QED) is 0.249. The Morgan fingerprint density at radius 2 is 2.05 bits per heavy atom. The first-order valence-corrected chi connectivity index (χ1v) is 7.27. The maximum atomic E-state index is 11.6. The SMILES string of the molecule is O=CNc1cncn1C1O[C@H](C(=O)[P+](O)(O)O)[C@@H](O)[C@H]1O. The van der Waals surface area contributed by atoms with Crippen LogP contribution in [0.4, 0.5) is 5.82 Å². The van der Waals surface area contributed by atoms with E-state index in [1.807, 2.05) is 0 Å². The minimum atomic E-state index is -4.88. The van der Waals surface area contributed by atoms with Crippen LogP contribution in [0, 0.1) is 0 Å². The van der Waals surface area contributed by atoms with E-state index >= 15 is 0 Å². The predicted molar refractivity (Wildman–Crippen MR) is 66.4 cm³/mol. The summed E-state index contributed by atoms with van der Waals surface area (Å²) in [7, 11) is -4.88. The van der Waals surface area contributed by atoms with Gasteiger partial charge in [0.2, 0.25) is 6.41 Å². The number of aliphatic hydroxyl groups excluding tert-OH is 2. The van der Waals surface area contributed by atoms with E-state index in [9.17, 15) is 19.8 Å². The molecule has 1 aromatic rings. The summed E-state index contributed by atoms with van der Waals surface area (Å²) >= 11 is 0. The molecule has 1 amide bonds. The average molecular weight is 322 g/mol.